The van der Waals surface area contributed by atoms with E-state index in [0.29, 0.717) is 11.1 Å². The minimum Gasteiger partial charge on any atom is -0.309 e. The van der Waals surface area contributed by atoms with Gasteiger partial charge in [0.2, 0.25) is 0 Å². The fraction of sp³-hybridized carbons (Fsp3) is 0. The van der Waals surface area contributed by atoms with E-state index < -0.39 is 0 Å². The number of nitriles is 2. The third kappa shape index (κ3) is 4.45. The lowest BCUT2D eigenvalue weighted by molar-refractivity contribution is 1.13. The number of rotatable bonds is 4. The molecule has 0 radical (unpaired) electrons. The summed E-state index contributed by atoms with van der Waals surface area (Å²) in [5.41, 5.74) is 12.9. The Bertz CT molecular complexity index is 3350. The Hall–Kier alpha value is -7.86. The van der Waals surface area contributed by atoms with Crippen LogP contribution < -0.4 is 0 Å². The zero-order chi connectivity index (χ0) is 36.6. The highest BCUT2D eigenvalue weighted by molar-refractivity contribution is 6.15. The van der Waals surface area contributed by atoms with Gasteiger partial charge < -0.3 is 13.7 Å². The Morgan fingerprint density at radius 3 is 1.38 bits per heavy atom. The quantitative estimate of drug-likeness (QED) is 0.184. The van der Waals surface area contributed by atoms with E-state index in [1.807, 2.05) is 24.3 Å². The van der Waals surface area contributed by atoms with Gasteiger partial charge in [-0.15, -0.1) is 0 Å². The van der Waals surface area contributed by atoms with Gasteiger partial charge in [-0.25, -0.2) is 0 Å². The molecule has 0 unspecified atom stereocenters. The van der Waals surface area contributed by atoms with Gasteiger partial charge in [0, 0.05) is 43.6 Å². The van der Waals surface area contributed by atoms with Crippen LogP contribution in [0, 0.1) is 22.7 Å². The van der Waals surface area contributed by atoms with E-state index in [4.69, 9.17) is 0 Å². The van der Waals surface area contributed by atoms with Crippen molar-refractivity contribution in [3.8, 4) is 40.3 Å². The van der Waals surface area contributed by atoms with Crippen molar-refractivity contribution in [2.75, 3.05) is 0 Å². The third-order valence-electron chi connectivity index (χ3n) is 11.1. The van der Waals surface area contributed by atoms with E-state index in [1.54, 1.807) is 0 Å². The minimum atomic E-state index is 0.607. The van der Waals surface area contributed by atoms with Crippen LogP contribution in [-0.2, 0) is 0 Å². The summed E-state index contributed by atoms with van der Waals surface area (Å²) in [6, 6.07) is 65.9. The van der Waals surface area contributed by atoms with Crippen molar-refractivity contribution in [2.45, 2.75) is 0 Å². The van der Waals surface area contributed by atoms with Crippen molar-refractivity contribution in [3.63, 3.8) is 0 Å². The molecule has 3 heterocycles. The first-order valence-corrected chi connectivity index (χ1v) is 18.3. The molecule has 8 aromatic carbocycles. The van der Waals surface area contributed by atoms with Crippen LogP contribution in [0.25, 0.3) is 93.6 Å². The lowest BCUT2D eigenvalue weighted by Gasteiger charge is -2.16. The molecule has 0 atom stereocenters. The van der Waals surface area contributed by atoms with Crippen molar-refractivity contribution in [2.24, 2.45) is 0 Å². The lowest BCUT2D eigenvalue weighted by Crippen LogP contribution is -2.01. The highest BCUT2D eigenvalue weighted by Gasteiger charge is 2.21. The number of hydrogen-bond acceptors (Lipinski definition) is 2. The number of hydrogen-bond donors (Lipinski definition) is 0. The summed E-state index contributed by atoms with van der Waals surface area (Å²) in [6.07, 6.45) is 0. The lowest BCUT2D eigenvalue weighted by atomic mass is 10.00. The molecule has 3 aromatic heterocycles. The maximum absolute atomic E-state index is 10.0. The molecule has 11 rings (SSSR count). The van der Waals surface area contributed by atoms with Crippen molar-refractivity contribution >= 4 is 65.4 Å². The molecule has 5 heteroatoms. The van der Waals surface area contributed by atoms with Gasteiger partial charge in [-0.1, -0.05) is 97.1 Å². The molecular formula is C50H29N5. The SMILES string of the molecule is N#Cc1ccc(-n2c3ccccc3c3ccccc32)c(-c2ccc(-n3c4ccc(C#N)cc4c4cccc(-n5c6ccccc6c6ccccc65)c43)cc2)c1. The van der Waals surface area contributed by atoms with Crippen LogP contribution in [0.15, 0.2) is 176 Å². The summed E-state index contributed by atoms with van der Waals surface area (Å²) >= 11 is 0. The van der Waals surface area contributed by atoms with Gasteiger partial charge >= 0.3 is 0 Å². The summed E-state index contributed by atoms with van der Waals surface area (Å²) in [6.45, 7) is 0. The molecule has 0 amide bonds. The van der Waals surface area contributed by atoms with Gasteiger partial charge in [-0.3, -0.25) is 0 Å². The molecule has 0 saturated heterocycles. The predicted molar refractivity (Wildman–Crippen MR) is 224 cm³/mol. The van der Waals surface area contributed by atoms with Crippen LogP contribution in [0.4, 0.5) is 0 Å². The smallest absolute Gasteiger partial charge is 0.0991 e. The molecule has 0 aliphatic rings. The number of fused-ring (bicyclic) bond motifs is 9. The van der Waals surface area contributed by atoms with Crippen LogP contribution in [0.3, 0.4) is 0 Å². The summed E-state index contributed by atoms with van der Waals surface area (Å²) in [4.78, 5) is 0. The van der Waals surface area contributed by atoms with Crippen molar-refractivity contribution in [1.82, 2.24) is 13.7 Å². The zero-order valence-corrected chi connectivity index (χ0v) is 29.5. The first-order valence-electron chi connectivity index (χ1n) is 18.3. The summed E-state index contributed by atoms with van der Waals surface area (Å²) in [7, 11) is 0. The summed E-state index contributed by atoms with van der Waals surface area (Å²) in [5.74, 6) is 0. The molecule has 0 aliphatic heterocycles. The van der Waals surface area contributed by atoms with Crippen LogP contribution in [0.2, 0.25) is 0 Å². The molecule has 55 heavy (non-hydrogen) atoms. The second kappa shape index (κ2) is 11.8. The fourth-order valence-corrected chi connectivity index (χ4v) is 8.76. The Balaban J connectivity index is 1.16. The number of benzene rings is 8. The molecule has 11 aromatic rings. The maximum atomic E-state index is 10.0. The molecule has 0 fully saturated rings. The average Bonchev–Trinajstić information content (AvgIpc) is 3.89. The van der Waals surface area contributed by atoms with E-state index in [1.165, 1.54) is 21.5 Å². The zero-order valence-electron chi connectivity index (χ0n) is 29.5. The van der Waals surface area contributed by atoms with Gasteiger partial charge in [-0.2, -0.15) is 10.5 Å². The molecule has 254 valence electrons. The molecule has 5 nitrogen and oxygen atoms in total. The fourth-order valence-electron chi connectivity index (χ4n) is 8.76. The highest BCUT2D eigenvalue weighted by atomic mass is 15.1. The first-order chi connectivity index (χ1) is 27.2. The largest absolute Gasteiger partial charge is 0.309 e. The maximum Gasteiger partial charge on any atom is 0.0991 e. The molecule has 0 bridgehead atoms. The Morgan fingerprint density at radius 2 is 0.818 bits per heavy atom. The van der Waals surface area contributed by atoms with Crippen LogP contribution in [0.5, 0.6) is 0 Å². The Labute approximate surface area is 316 Å². The Morgan fingerprint density at radius 1 is 0.345 bits per heavy atom. The van der Waals surface area contributed by atoms with Crippen LogP contribution in [0.1, 0.15) is 11.1 Å². The number of para-hydroxylation sites is 5. The van der Waals surface area contributed by atoms with E-state index in [9.17, 15) is 10.5 Å². The van der Waals surface area contributed by atoms with Gasteiger partial charge in [0.1, 0.15) is 0 Å². The van der Waals surface area contributed by atoms with Crippen molar-refractivity contribution in [1.29, 1.82) is 10.5 Å². The van der Waals surface area contributed by atoms with Crippen LogP contribution in [-0.4, -0.2) is 13.7 Å². The van der Waals surface area contributed by atoms with E-state index in [0.717, 1.165) is 72.1 Å². The summed E-state index contributed by atoms with van der Waals surface area (Å²) < 4.78 is 7.01. The van der Waals surface area contributed by atoms with Crippen molar-refractivity contribution in [3.05, 3.63) is 187 Å². The van der Waals surface area contributed by atoms with Gasteiger partial charge in [0.05, 0.1) is 67.7 Å². The van der Waals surface area contributed by atoms with Gasteiger partial charge in [-0.05, 0) is 84.4 Å². The molecule has 0 N–H and O–H groups in total. The van der Waals surface area contributed by atoms with Crippen molar-refractivity contribution < 1.29 is 0 Å². The van der Waals surface area contributed by atoms with E-state index >= 15 is 0 Å². The van der Waals surface area contributed by atoms with E-state index in [-0.39, 0.29) is 0 Å². The monoisotopic (exact) mass is 699 g/mol. The van der Waals surface area contributed by atoms with Crippen LogP contribution >= 0.6 is 0 Å². The molecular weight excluding hydrogens is 671 g/mol. The number of nitrogens with zero attached hydrogens (tertiary/aromatic N) is 5. The predicted octanol–water partition coefficient (Wildman–Crippen LogP) is 12.4. The average molecular weight is 700 g/mol. The second-order valence-electron chi connectivity index (χ2n) is 14.0. The number of aromatic nitrogens is 3. The van der Waals surface area contributed by atoms with Gasteiger partial charge in [0.25, 0.3) is 0 Å². The summed E-state index contributed by atoms with van der Waals surface area (Å²) in [5, 5.41) is 26.9. The van der Waals surface area contributed by atoms with E-state index in [2.05, 4.69) is 177 Å². The van der Waals surface area contributed by atoms with Gasteiger partial charge in [0.15, 0.2) is 0 Å². The second-order valence-corrected chi connectivity index (χ2v) is 14.0. The highest BCUT2D eigenvalue weighted by Crippen LogP contribution is 2.41. The normalized spacial score (nSPS) is 11.6. The third-order valence-corrected chi connectivity index (χ3v) is 11.1. The first kappa shape index (κ1) is 30.7. The standard InChI is InChI=1S/C50H29N5/c51-30-32-20-26-47(54-43-15-5-1-10-36(43)37-11-2-6-16-44(37)54)41(28-32)34-22-24-35(25-23-34)53-48-27-21-33(31-52)29-42(48)40-14-9-19-49(50(40)53)55-45-17-7-3-12-38(45)39-13-4-8-18-46(39)55/h1-29H. The molecule has 0 saturated carbocycles. The minimum absolute atomic E-state index is 0.607. The molecule has 0 spiro atoms. The Kier molecular flexibility index (Phi) is 6.61. The topological polar surface area (TPSA) is 62.4 Å². The molecule has 0 aliphatic carbocycles.